The Morgan fingerprint density at radius 2 is 1.92 bits per heavy atom. The molecule has 0 atom stereocenters. The number of rotatable bonds is 4. The van der Waals surface area contributed by atoms with E-state index in [1.165, 1.54) is 37.4 Å². The predicted molar refractivity (Wildman–Crippen MR) is 91.8 cm³/mol. The lowest BCUT2D eigenvalue weighted by Gasteiger charge is -2.08. The molecule has 0 aliphatic heterocycles. The van der Waals surface area contributed by atoms with Gasteiger partial charge in [-0.15, -0.1) is 0 Å². The number of hydrogen-bond acceptors (Lipinski definition) is 5. The first-order valence-electron chi connectivity index (χ1n) is 6.91. The highest BCUT2D eigenvalue weighted by Gasteiger charge is 2.16. The number of anilines is 1. The molecule has 3 aromatic rings. The summed E-state index contributed by atoms with van der Waals surface area (Å²) >= 11 is 5.82. The Bertz CT molecular complexity index is 1030. The van der Waals surface area contributed by atoms with Crippen LogP contribution in [0, 0.1) is 0 Å². The third kappa shape index (κ3) is 3.37. The molecule has 2 heterocycles. The summed E-state index contributed by atoms with van der Waals surface area (Å²) in [6.45, 7) is 1.41. The first-order valence-corrected chi connectivity index (χ1v) is 8.77. The summed E-state index contributed by atoms with van der Waals surface area (Å²) in [6, 6.07) is 10.8. The van der Waals surface area contributed by atoms with Crippen LogP contribution in [0.2, 0.25) is 5.15 Å². The van der Waals surface area contributed by atoms with Gasteiger partial charge in [0.1, 0.15) is 11.0 Å². The highest BCUT2D eigenvalue weighted by molar-refractivity contribution is 7.92. The van der Waals surface area contributed by atoms with Gasteiger partial charge >= 0.3 is 0 Å². The highest BCUT2D eigenvalue weighted by atomic mass is 35.5. The molecule has 0 spiro atoms. The summed E-state index contributed by atoms with van der Waals surface area (Å²) < 4.78 is 27.3. The number of fused-ring (bicyclic) bond motifs is 1. The van der Waals surface area contributed by atoms with Crippen molar-refractivity contribution in [3.63, 3.8) is 0 Å². The van der Waals surface area contributed by atoms with Crippen molar-refractivity contribution < 1.29 is 13.2 Å². The molecule has 0 amide bonds. The number of aromatic nitrogens is 2. The number of carbonyl (C=O) groups excluding carboxylic acids is 1. The number of ketones is 1. The van der Waals surface area contributed by atoms with Crippen molar-refractivity contribution in [2.24, 2.45) is 0 Å². The van der Waals surface area contributed by atoms with Gasteiger partial charge < -0.3 is 0 Å². The summed E-state index contributed by atoms with van der Waals surface area (Å²) in [5.74, 6) is -0.00748. The predicted octanol–water partition coefficient (Wildman–Crippen LogP) is 3.29. The summed E-state index contributed by atoms with van der Waals surface area (Å²) in [5, 5.41) is 0.994. The zero-order valence-electron chi connectivity index (χ0n) is 12.5. The van der Waals surface area contributed by atoms with Crippen LogP contribution >= 0.6 is 11.6 Å². The van der Waals surface area contributed by atoms with Crippen LogP contribution in [0.4, 0.5) is 5.82 Å². The minimum atomic E-state index is -3.81. The second kappa shape index (κ2) is 6.18. The van der Waals surface area contributed by atoms with Crippen molar-refractivity contribution in [2.45, 2.75) is 11.8 Å². The number of benzene rings is 1. The summed E-state index contributed by atoms with van der Waals surface area (Å²) in [5.41, 5.74) is 1.01. The van der Waals surface area contributed by atoms with Crippen LogP contribution in [0.15, 0.2) is 53.6 Å². The van der Waals surface area contributed by atoms with Gasteiger partial charge in [-0.2, -0.15) is 0 Å². The van der Waals surface area contributed by atoms with Crippen molar-refractivity contribution in [2.75, 3.05) is 4.72 Å². The lowest BCUT2D eigenvalue weighted by atomic mass is 10.2. The maximum absolute atomic E-state index is 12.5. The number of hydrogen-bond donors (Lipinski definition) is 1. The Hall–Kier alpha value is -2.51. The van der Waals surface area contributed by atoms with Gasteiger partial charge in [-0.25, -0.2) is 18.4 Å². The monoisotopic (exact) mass is 361 g/mol. The Labute approximate surface area is 143 Å². The molecule has 8 heteroatoms. The van der Waals surface area contributed by atoms with Gasteiger partial charge in [0, 0.05) is 17.1 Å². The maximum atomic E-state index is 12.5. The van der Waals surface area contributed by atoms with Crippen molar-refractivity contribution in [3.8, 4) is 0 Å². The van der Waals surface area contributed by atoms with Crippen molar-refractivity contribution in [3.05, 3.63) is 59.4 Å². The normalized spacial score (nSPS) is 11.4. The molecule has 1 N–H and O–H groups in total. The van der Waals surface area contributed by atoms with E-state index in [0.29, 0.717) is 21.6 Å². The molecule has 0 fully saturated rings. The van der Waals surface area contributed by atoms with E-state index in [4.69, 9.17) is 11.6 Å². The Morgan fingerprint density at radius 3 is 2.58 bits per heavy atom. The zero-order valence-corrected chi connectivity index (χ0v) is 14.1. The van der Waals surface area contributed by atoms with Gasteiger partial charge in [0.15, 0.2) is 5.78 Å². The third-order valence-corrected chi connectivity index (χ3v) is 4.91. The quantitative estimate of drug-likeness (QED) is 0.569. The number of nitrogens with zero attached hydrogens (tertiary/aromatic N) is 2. The second-order valence-corrected chi connectivity index (χ2v) is 7.15. The van der Waals surface area contributed by atoms with E-state index >= 15 is 0 Å². The van der Waals surface area contributed by atoms with Crippen LogP contribution in [-0.2, 0) is 10.0 Å². The van der Waals surface area contributed by atoms with Gasteiger partial charge in [-0.1, -0.05) is 11.6 Å². The van der Waals surface area contributed by atoms with Crippen LogP contribution in [0.1, 0.15) is 17.3 Å². The van der Waals surface area contributed by atoms with Gasteiger partial charge in [0.25, 0.3) is 10.0 Å². The Morgan fingerprint density at radius 1 is 1.12 bits per heavy atom. The first-order chi connectivity index (χ1) is 11.3. The molecule has 0 radical (unpaired) electrons. The first kappa shape index (κ1) is 16.4. The smallest absolute Gasteiger partial charge is 0.263 e. The minimum absolute atomic E-state index is 0.0802. The van der Waals surface area contributed by atoms with Gasteiger partial charge in [-0.3, -0.25) is 9.52 Å². The maximum Gasteiger partial charge on any atom is 0.263 e. The molecule has 24 heavy (non-hydrogen) atoms. The fourth-order valence-electron chi connectivity index (χ4n) is 2.11. The number of sulfonamides is 1. The fourth-order valence-corrected chi connectivity index (χ4v) is 3.30. The number of Topliss-reactive ketones (excluding diaryl/α,β-unsaturated/α-hetero) is 1. The number of nitrogens with one attached hydrogen (secondary N) is 1. The molecule has 1 aromatic carbocycles. The molecule has 122 valence electrons. The van der Waals surface area contributed by atoms with Crippen LogP contribution < -0.4 is 4.72 Å². The molecule has 0 bridgehead atoms. The van der Waals surface area contributed by atoms with Crippen LogP contribution in [0.3, 0.4) is 0 Å². The molecule has 0 aliphatic carbocycles. The highest BCUT2D eigenvalue weighted by Crippen LogP contribution is 2.21. The van der Waals surface area contributed by atoms with Gasteiger partial charge in [-0.05, 0) is 49.4 Å². The summed E-state index contributed by atoms with van der Waals surface area (Å²) in [7, 11) is -3.81. The van der Waals surface area contributed by atoms with Crippen LogP contribution in [0.5, 0.6) is 0 Å². The fraction of sp³-hybridized carbons (Fsp3) is 0.0625. The van der Waals surface area contributed by atoms with E-state index in [-0.39, 0.29) is 16.5 Å². The lowest BCUT2D eigenvalue weighted by Crippen LogP contribution is -2.14. The molecule has 3 rings (SSSR count). The number of halogens is 1. The second-order valence-electron chi connectivity index (χ2n) is 5.08. The molecular weight excluding hydrogens is 350 g/mol. The minimum Gasteiger partial charge on any atom is -0.294 e. The number of carbonyl (C=O) groups is 1. The average Bonchev–Trinajstić information content (AvgIpc) is 2.54. The molecule has 0 aliphatic rings. The topological polar surface area (TPSA) is 89.0 Å². The molecule has 0 saturated heterocycles. The Kier molecular flexibility index (Phi) is 4.21. The standard InChI is InChI=1S/C16H12ClN3O3S/c1-10(21)12-3-7-16(18-9-12)20-24(22,23)13-4-5-14-11(8-13)2-6-15(17)19-14/h2-9H,1H3,(H,18,20). The van der Waals surface area contributed by atoms with E-state index in [2.05, 4.69) is 14.7 Å². The van der Waals surface area contributed by atoms with E-state index in [0.717, 1.165) is 0 Å². The summed E-state index contributed by atoms with van der Waals surface area (Å²) in [6.07, 6.45) is 1.33. The zero-order chi connectivity index (χ0) is 17.3. The third-order valence-electron chi connectivity index (χ3n) is 3.35. The number of pyridine rings is 2. The molecule has 0 saturated carbocycles. The van der Waals surface area contributed by atoms with E-state index in [9.17, 15) is 13.2 Å². The molecule has 6 nitrogen and oxygen atoms in total. The average molecular weight is 362 g/mol. The van der Waals surface area contributed by atoms with Crippen molar-refractivity contribution >= 4 is 44.1 Å². The largest absolute Gasteiger partial charge is 0.294 e. The van der Waals surface area contributed by atoms with E-state index in [1.54, 1.807) is 18.2 Å². The molecule has 0 unspecified atom stereocenters. The van der Waals surface area contributed by atoms with Gasteiger partial charge in [0.05, 0.1) is 10.4 Å². The van der Waals surface area contributed by atoms with Crippen LogP contribution in [0.25, 0.3) is 10.9 Å². The SMILES string of the molecule is CC(=O)c1ccc(NS(=O)(=O)c2ccc3nc(Cl)ccc3c2)nc1. The Balaban J connectivity index is 1.92. The summed E-state index contributed by atoms with van der Waals surface area (Å²) in [4.78, 5) is 19.4. The van der Waals surface area contributed by atoms with Crippen LogP contribution in [-0.4, -0.2) is 24.2 Å². The van der Waals surface area contributed by atoms with Gasteiger partial charge in [0.2, 0.25) is 0 Å². The lowest BCUT2D eigenvalue weighted by molar-refractivity contribution is 0.101. The van der Waals surface area contributed by atoms with E-state index < -0.39 is 10.0 Å². The van der Waals surface area contributed by atoms with Crippen molar-refractivity contribution in [1.82, 2.24) is 9.97 Å². The van der Waals surface area contributed by atoms with Crippen molar-refractivity contribution in [1.29, 1.82) is 0 Å². The molecular formula is C16H12ClN3O3S. The molecule has 2 aromatic heterocycles. The van der Waals surface area contributed by atoms with E-state index in [1.807, 2.05) is 0 Å².